The van der Waals surface area contributed by atoms with Gasteiger partial charge in [-0.05, 0) is 77.7 Å². The fraction of sp³-hybridized carbons (Fsp3) is 0.0909. The van der Waals surface area contributed by atoms with Crippen LogP contribution in [0.25, 0.3) is 16.8 Å². The van der Waals surface area contributed by atoms with E-state index in [2.05, 4.69) is 31.9 Å². The SMILES string of the molecule is COc1cc(/C=C2/SC(=O)N(Cc3cccc4ccccc34)C2=O)c(Br)c(Br)c1O. The van der Waals surface area contributed by atoms with Crippen LogP contribution in [-0.2, 0) is 11.3 Å². The van der Waals surface area contributed by atoms with Crippen molar-refractivity contribution in [3.05, 3.63) is 73.5 Å². The van der Waals surface area contributed by atoms with Gasteiger partial charge in [0.25, 0.3) is 11.1 Å². The summed E-state index contributed by atoms with van der Waals surface area (Å²) in [6, 6.07) is 15.3. The van der Waals surface area contributed by atoms with Crippen molar-refractivity contribution >= 4 is 71.6 Å². The first-order chi connectivity index (χ1) is 14.4. The molecule has 4 rings (SSSR count). The van der Waals surface area contributed by atoms with Crippen molar-refractivity contribution in [2.45, 2.75) is 6.54 Å². The van der Waals surface area contributed by atoms with Gasteiger partial charge in [0.1, 0.15) is 0 Å². The number of phenolic OH excluding ortho intramolecular Hbond substituents is 1. The molecule has 0 radical (unpaired) electrons. The number of carbonyl (C=O) groups excluding carboxylic acids is 2. The second kappa shape index (κ2) is 8.45. The number of amides is 2. The minimum absolute atomic E-state index is 0.0504. The minimum Gasteiger partial charge on any atom is -0.503 e. The van der Waals surface area contributed by atoms with Gasteiger partial charge in [0.2, 0.25) is 0 Å². The van der Waals surface area contributed by atoms with Crippen molar-refractivity contribution in [1.82, 2.24) is 4.90 Å². The van der Waals surface area contributed by atoms with Crippen LogP contribution in [0.4, 0.5) is 4.79 Å². The second-order valence-corrected chi connectivity index (χ2v) is 9.13. The van der Waals surface area contributed by atoms with Gasteiger partial charge in [0.05, 0.1) is 23.0 Å². The second-order valence-electron chi connectivity index (χ2n) is 6.55. The van der Waals surface area contributed by atoms with Gasteiger partial charge in [-0.2, -0.15) is 0 Å². The summed E-state index contributed by atoms with van der Waals surface area (Å²) in [6.07, 6.45) is 1.62. The molecule has 30 heavy (non-hydrogen) atoms. The molecule has 2 amide bonds. The number of rotatable bonds is 4. The average Bonchev–Trinajstić information content (AvgIpc) is 3.01. The Morgan fingerprint density at radius 2 is 1.83 bits per heavy atom. The normalized spacial score (nSPS) is 15.4. The van der Waals surface area contributed by atoms with Gasteiger partial charge < -0.3 is 9.84 Å². The van der Waals surface area contributed by atoms with Crippen LogP contribution in [0.3, 0.4) is 0 Å². The predicted octanol–water partition coefficient (Wildman–Crippen LogP) is 6.32. The van der Waals surface area contributed by atoms with Crippen LogP contribution in [0.2, 0.25) is 0 Å². The molecule has 0 saturated carbocycles. The number of hydrogen-bond acceptors (Lipinski definition) is 5. The number of thioether (sulfide) groups is 1. The van der Waals surface area contributed by atoms with Gasteiger partial charge in [-0.15, -0.1) is 0 Å². The highest BCUT2D eigenvalue weighted by Crippen LogP contribution is 2.43. The first-order valence-electron chi connectivity index (χ1n) is 8.87. The summed E-state index contributed by atoms with van der Waals surface area (Å²) in [7, 11) is 1.44. The van der Waals surface area contributed by atoms with E-state index < -0.39 is 0 Å². The Balaban J connectivity index is 1.67. The molecule has 0 aliphatic carbocycles. The molecule has 152 valence electrons. The zero-order valence-electron chi connectivity index (χ0n) is 15.7. The molecule has 0 aromatic heterocycles. The monoisotopic (exact) mass is 547 g/mol. The number of imide groups is 1. The van der Waals surface area contributed by atoms with E-state index in [1.807, 2.05) is 42.5 Å². The summed E-state index contributed by atoms with van der Waals surface area (Å²) < 4.78 is 6.14. The molecular formula is C22H15Br2NO4S. The lowest BCUT2D eigenvalue weighted by atomic mass is 10.0. The van der Waals surface area contributed by atoms with Crippen molar-refractivity contribution < 1.29 is 19.4 Å². The molecule has 0 unspecified atom stereocenters. The van der Waals surface area contributed by atoms with E-state index in [-0.39, 0.29) is 29.2 Å². The molecule has 1 aliphatic heterocycles. The van der Waals surface area contributed by atoms with Gasteiger partial charge in [0.15, 0.2) is 11.5 Å². The maximum absolute atomic E-state index is 13.0. The summed E-state index contributed by atoms with van der Waals surface area (Å²) in [5, 5.41) is 11.8. The Morgan fingerprint density at radius 3 is 2.60 bits per heavy atom. The quantitative estimate of drug-likeness (QED) is 0.387. The lowest BCUT2D eigenvalue weighted by Crippen LogP contribution is -2.27. The molecule has 1 fully saturated rings. The zero-order valence-corrected chi connectivity index (χ0v) is 19.7. The largest absolute Gasteiger partial charge is 0.503 e. The first-order valence-corrected chi connectivity index (χ1v) is 11.3. The molecule has 8 heteroatoms. The summed E-state index contributed by atoms with van der Waals surface area (Å²) in [5.74, 6) is -0.148. The Morgan fingerprint density at radius 1 is 1.10 bits per heavy atom. The summed E-state index contributed by atoms with van der Waals surface area (Å²) in [6.45, 7) is 0.202. The highest BCUT2D eigenvalue weighted by molar-refractivity contribution is 9.13. The van der Waals surface area contributed by atoms with Gasteiger partial charge in [-0.1, -0.05) is 42.5 Å². The van der Waals surface area contributed by atoms with Gasteiger partial charge in [-0.25, -0.2) is 0 Å². The molecule has 1 saturated heterocycles. The standard InChI is InChI=1S/C22H15Br2NO4S/c1-29-16-9-14(18(23)19(24)20(16)26)10-17-21(27)25(22(28)30-17)11-13-7-4-6-12-5-2-3-8-15(12)13/h2-10,26H,11H2,1H3/b17-10+. The van der Waals surface area contributed by atoms with Gasteiger partial charge in [0, 0.05) is 4.47 Å². The molecule has 1 aliphatic rings. The number of carbonyl (C=O) groups is 2. The molecule has 5 nitrogen and oxygen atoms in total. The molecule has 1 heterocycles. The Hall–Kier alpha value is -2.29. The van der Waals surface area contributed by atoms with E-state index in [4.69, 9.17) is 4.74 Å². The van der Waals surface area contributed by atoms with Crippen molar-refractivity contribution in [1.29, 1.82) is 0 Å². The van der Waals surface area contributed by atoms with E-state index in [9.17, 15) is 14.7 Å². The van der Waals surface area contributed by atoms with Crippen LogP contribution in [0, 0.1) is 0 Å². The molecule has 1 N–H and O–H groups in total. The topological polar surface area (TPSA) is 66.8 Å². The summed E-state index contributed by atoms with van der Waals surface area (Å²) >= 11 is 7.60. The lowest BCUT2D eigenvalue weighted by molar-refractivity contribution is -0.123. The molecule has 0 spiro atoms. The van der Waals surface area contributed by atoms with E-state index in [1.54, 1.807) is 12.1 Å². The minimum atomic E-state index is -0.354. The molecule has 0 atom stereocenters. The van der Waals surface area contributed by atoms with Gasteiger partial charge >= 0.3 is 0 Å². The Labute approximate surface area is 194 Å². The van der Waals surface area contributed by atoms with Crippen LogP contribution in [0.1, 0.15) is 11.1 Å². The smallest absolute Gasteiger partial charge is 0.293 e. The zero-order chi connectivity index (χ0) is 21.4. The molecule has 0 bridgehead atoms. The van der Waals surface area contributed by atoms with Crippen molar-refractivity contribution in [3.8, 4) is 11.5 Å². The number of methoxy groups -OCH3 is 1. The third-order valence-corrected chi connectivity index (χ3v) is 7.83. The summed E-state index contributed by atoms with van der Waals surface area (Å²) in [5.41, 5.74) is 1.51. The molecule has 3 aromatic rings. The van der Waals surface area contributed by atoms with Crippen molar-refractivity contribution in [2.75, 3.05) is 7.11 Å². The van der Waals surface area contributed by atoms with E-state index >= 15 is 0 Å². The maximum atomic E-state index is 13.0. The number of halogens is 2. The summed E-state index contributed by atoms with van der Waals surface area (Å²) in [4.78, 5) is 27.1. The van der Waals surface area contributed by atoms with Crippen molar-refractivity contribution in [3.63, 3.8) is 0 Å². The highest BCUT2D eigenvalue weighted by Gasteiger charge is 2.35. The average molecular weight is 549 g/mol. The van der Waals surface area contributed by atoms with E-state index in [1.165, 1.54) is 12.0 Å². The molecular weight excluding hydrogens is 534 g/mol. The highest BCUT2D eigenvalue weighted by atomic mass is 79.9. The van der Waals surface area contributed by atoms with E-state index in [0.717, 1.165) is 28.1 Å². The number of phenols is 1. The predicted molar refractivity (Wildman–Crippen MR) is 126 cm³/mol. The number of nitrogens with zero attached hydrogens (tertiary/aromatic N) is 1. The van der Waals surface area contributed by atoms with Gasteiger partial charge in [-0.3, -0.25) is 14.5 Å². The van der Waals surface area contributed by atoms with Crippen LogP contribution in [0.15, 0.2) is 62.4 Å². The van der Waals surface area contributed by atoms with E-state index in [0.29, 0.717) is 19.4 Å². The lowest BCUT2D eigenvalue weighted by Gasteiger charge is -2.14. The fourth-order valence-corrected chi connectivity index (χ4v) is 4.92. The van der Waals surface area contributed by atoms with Crippen molar-refractivity contribution in [2.24, 2.45) is 0 Å². The first kappa shape index (κ1) is 21.0. The Kier molecular flexibility index (Phi) is 5.90. The number of benzene rings is 3. The third kappa shape index (κ3) is 3.75. The number of hydrogen-bond donors (Lipinski definition) is 1. The number of ether oxygens (including phenoxy) is 1. The third-order valence-electron chi connectivity index (χ3n) is 4.76. The van der Waals surface area contributed by atoms with Crippen LogP contribution in [0.5, 0.6) is 11.5 Å². The Bertz CT molecular complexity index is 1220. The van der Waals surface area contributed by atoms with Crippen LogP contribution >= 0.6 is 43.6 Å². The number of fused-ring (bicyclic) bond motifs is 1. The maximum Gasteiger partial charge on any atom is 0.293 e. The number of aromatic hydroxyl groups is 1. The fourth-order valence-electron chi connectivity index (χ4n) is 3.25. The molecule has 3 aromatic carbocycles. The van der Waals surface area contributed by atoms with Crippen LogP contribution in [-0.4, -0.2) is 28.3 Å². The van der Waals surface area contributed by atoms with Crippen LogP contribution < -0.4 is 4.74 Å².